The van der Waals surface area contributed by atoms with Gasteiger partial charge in [0.05, 0.1) is 5.41 Å². The van der Waals surface area contributed by atoms with Crippen molar-refractivity contribution in [2.75, 3.05) is 19.6 Å². The summed E-state index contributed by atoms with van der Waals surface area (Å²) in [5.41, 5.74) is 1.64. The molecule has 152 valence electrons. The van der Waals surface area contributed by atoms with E-state index in [4.69, 9.17) is 0 Å². The molecule has 1 aliphatic heterocycles. The Morgan fingerprint density at radius 1 is 0.857 bits per heavy atom. The zero-order valence-corrected chi connectivity index (χ0v) is 18.1. The number of benzene rings is 2. The van der Waals surface area contributed by atoms with E-state index in [9.17, 15) is 4.79 Å². The van der Waals surface area contributed by atoms with Crippen molar-refractivity contribution in [1.29, 1.82) is 0 Å². The number of carbonyl (C=O) groups is 1. The van der Waals surface area contributed by atoms with E-state index in [1.165, 1.54) is 32.1 Å². The molecule has 1 aliphatic rings. The number of hydrogen-bond donors (Lipinski definition) is 0. The minimum atomic E-state index is -0.592. The smallest absolute Gasteiger partial charge is 0.145 e. The van der Waals surface area contributed by atoms with Crippen molar-refractivity contribution in [2.45, 2.75) is 51.4 Å². The van der Waals surface area contributed by atoms with Gasteiger partial charge in [-0.25, -0.2) is 0 Å². The lowest BCUT2D eigenvalue weighted by Crippen LogP contribution is -2.47. The van der Waals surface area contributed by atoms with Crippen molar-refractivity contribution in [2.24, 2.45) is 5.92 Å². The van der Waals surface area contributed by atoms with Crippen molar-refractivity contribution in [3.05, 3.63) is 71.8 Å². The molecule has 0 saturated carbocycles. The highest BCUT2D eigenvalue weighted by atomic mass is 35.5. The standard InChI is InChI=1S/C25H33NO.ClH/c1-21(20-26-18-12-4-3-5-13-19-26)25(22(2)27,23-14-8-6-9-15-23)24-16-10-7-11-17-24;/h6-11,14-17,21H,3-5,12-13,18-20H2,1-2H3;1H. The van der Waals surface area contributed by atoms with Crippen molar-refractivity contribution in [1.82, 2.24) is 4.90 Å². The Hall–Kier alpha value is -1.64. The number of carbonyl (C=O) groups excluding carboxylic acids is 1. The SMILES string of the molecule is CC(=O)C(c1ccccc1)(c1ccccc1)C(C)CN1CCCCCCC1.Cl. The summed E-state index contributed by atoms with van der Waals surface area (Å²) in [6.45, 7) is 7.30. The molecule has 0 radical (unpaired) electrons. The van der Waals surface area contributed by atoms with E-state index in [1.807, 2.05) is 12.1 Å². The maximum absolute atomic E-state index is 13.3. The van der Waals surface area contributed by atoms with Gasteiger partial charge in [0.2, 0.25) is 0 Å². The fourth-order valence-electron chi connectivity index (χ4n) is 4.91. The predicted octanol–water partition coefficient (Wildman–Crippen LogP) is 5.89. The topological polar surface area (TPSA) is 20.3 Å². The predicted molar refractivity (Wildman–Crippen MR) is 120 cm³/mol. The number of rotatable bonds is 6. The Morgan fingerprint density at radius 3 is 1.71 bits per heavy atom. The molecule has 0 N–H and O–H groups in total. The third kappa shape index (κ3) is 4.85. The molecule has 2 aromatic carbocycles. The quantitative estimate of drug-likeness (QED) is 0.603. The second kappa shape index (κ2) is 10.8. The summed E-state index contributed by atoms with van der Waals surface area (Å²) in [6.07, 6.45) is 6.59. The van der Waals surface area contributed by atoms with E-state index in [0.717, 1.165) is 30.8 Å². The Morgan fingerprint density at radius 2 is 1.29 bits per heavy atom. The molecule has 1 saturated heterocycles. The van der Waals surface area contributed by atoms with Crippen LogP contribution in [-0.4, -0.2) is 30.3 Å². The fourth-order valence-corrected chi connectivity index (χ4v) is 4.91. The van der Waals surface area contributed by atoms with Crippen LogP contribution < -0.4 is 0 Å². The minimum Gasteiger partial charge on any atom is -0.303 e. The summed E-state index contributed by atoms with van der Waals surface area (Å²) >= 11 is 0. The van der Waals surface area contributed by atoms with Crippen LogP contribution in [-0.2, 0) is 10.2 Å². The zero-order chi connectivity index (χ0) is 19.1. The third-order valence-corrected chi connectivity index (χ3v) is 6.23. The molecule has 0 spiro atoms. The van der Waals surface area contributed by atoms with Gasteiger partial charge in [-0.05, 0) is 49.9 Å². The van der Waals surface area contributed by atoms with Crippen molar-refractivity contribution in [3.63, 3.8) is 0 Å². The lowest BCUT2D eigenvalue weighted by Gasteiger charge is -2.41. The number of ketones is 1. The fraction of sp³-hybridized carbons (Fsp3) is 0.480. The van der Waals surface area contributed by atoms with Gasteiger partial charge in [-0.3, -0.25) is 4.79 Å². The van der Waals surface area contributed by atoms with E-state index >= 15 is 0 Å². The highest BCUT2D eigenvalue weighted by Gasteiger charge is 2.44. The van der Waals surface area contributed by atoms with E-state index in [0.29, 0.717) is 0 Å². The number of Topliss-reactive ketones (excluding diaryl/α,β-unsaturated/α-hetero) is 1. The van der Waals surface area contributed by atoms with Crippen LogP contribution in [0.5, 0.6) is 0 Å². The lowest BCUT2D eigenvalue weighted by molar-refractivity contribution is -0.122. The summed E-state index contributed by atoms with van der Waals surface area (Å²) in [6, 6.07) is 20.8. The van der Waals surface area contributed by atoms with Gasteiger partial charge in [0.1, 0.15) is 5.78 Å². The number of halogens is 1. The van der Waals surface area contributed by atoms with Crippen molar-refractivity contribution in [3.8, 4) is 0 Å². The molecular weight excluding hydrogens is 366 g/mol. The van der Waals surface area contributed by atoms with E-state index in [1.54, 1.807) is 6.92 Å². The summed E-state index contributed by atoms with van der Waals surface area (Å²) in [4.78, 5) is 15.8. The first-order valence-corrected chi connectivity index (χ1v) is 10.5. The van der Waals surface area contributed by atoms with Gasteiger partial charge < -0.3 is 4.90 Å². The van der Waals surface area contributed by atoms with Crippen LogP contribution in [0.3, 0.4) is 0 Å². The Kier molecular flexibility index (Phi) is 8.72. The van der Waals surface area contributed by atoms with Crippen molar-refractivity contribution >= 4 is 18.2 Å². The molecule has 3 heteroatoms. The summed E-state index contributed by atoms with van der Waals surface area (Å²) in [5.74, 6) is 0.443. The first-order chi connectivity index (χ1) is 13.2. The van der Waals surface area contributed by atoms with Crippen LogP contribution in [0.4, 0.5) is 0 Å². The van der Waals surface area contributed by atoms with Gasteiger partial charge in [-0.2, -0.15) is 0 Å². The monoisotopic (exact) mass is 399 g/mol. The molecule has 0 amide bonds. The molecule has 2 nitrogen and oxygen atoms in total. The molecule has 0 bridgehead atoms. The Balaban J connectivity index is 0.00000280. The van der Waals surface area contributed by atoms with Crippen LogP contribution >= 0.6 is 12.4 Å². The maximum Gasteiger partial charge on any atom is 0.145 e. The molecule has 2 aromatic rings. The molecule has 0 aliphatic carbocycles. The second-order valence-corrected chi connectivity index (χ2v) is 8.07. The Labute approximate surface area is 176 Å². The van der Waals surface area contributed by atoms with Crippen LogP contribution in [0, 0.1) is 5.92 Å². The molecule has 1 unspecified atom stereocenters. The first kappa shape index (κ1) is 22.6. The Bertz CT molecular complexity index is 668. The highest BCUT2D eigenvalue weighted by molar-refractivity contribution is 5.92. The largest absolute Gasteiger partial charge is 0.303 e. The maximum atomic E-state index is 13.3. The van der Waals surface area contributed by atoms with Gasteiger partial charge in [-0.1, -0.05) is 86.8 Å². The summed E-state index contributed by atoms with van der Waals surface area (Å²) in [5, 5.41) is 0. The normalized spacial score (nSPS) is 17.1. The van der Waals surface area contributed by atoms with Crippen LogP contribution in [0.15, 0.2) is 60.7 Å². The van der Waals surface area contributed by atoms with E-state index in [-0.39, 0.29) is 24.1 Å². The zero-order valence-electron chi connectivity index (χ0n) is 17.3. The molecule has 28 heavy (non-hydrogen) atoms. The third-order valence-electron chi connectivity index (χ3n) is 6.23. The van der Waals surface area contributed by atoms with Gasteiger partial charge in [-0.15, -0.1) is 12.4 Å². The average Bonchev–Trinajstić information content (AvgIpc) is 2.66. The molecular formula is C25H34ClNO. The van der Waals surface area contributed by atoms with Crippen LogP contribution in [0.1, 0.15) is 57.1 Å². The van der Waals surface area contributed by atoms with E-state index < -0.39 is 5.41 Å². The number of hydrogen-bond acceptors (Lipinski definition) is 2. The second-order valence-electron chi connectivity index (χ2n) is 8.07. The van der Waals surface area contributed by atoms with Gasteiger partial charge in [0.25, 0.3) is 0 Å². The van der Waals surface area contributed by atoms with Crippen LogP contribution in [0.2, 0.25) is 0 Å². The molecule has 0 aromatic heterocycles. The molecule has 1 atom stereocenters. The molecule has 1 fully saturated rings. The first-order valence-electron chi connectivity index (χ1n) is 10.5. The van der Waals surface area contributed by atoms with E-state index in [2.05, 4.69) is 60.4 Å². The average molecular weight is 400 g/mol. The molecule has 3 rings (SSSR count). The van der Waals surface area contributed by atoms with Crippen molar-refractivity contribution < 1.29 is 4.79 Å². The van der Waals surface area contributed by atoms with Gasteiger partial charge in [0.15, 0.2) is 0 Å². The minimum absolute atomic E-state index is 0. The summed E-state index contributed by atoms with van der Waals surface area (Å²) < 4.78 is 0. The van der Waals surface area contributed by atoms with Gasteiger partial charge in [0, 0.05) is 6.54 Å². The summed E-state index contributed by atoms with van der Waals surface area (Å²) in [7, 11) is 0. The number of likely N-dealkylation sites (tertiary alicyclic amines) is 1. The molecule has 1 heterocycles. The lowest BCUT2D eigenvalue weighted by atomic mass is 9.64. The number of nitrogens with zero attached hydrogens (tertiary/aromatic N) is 1. The van der Waals surface area contributed by atoms with Gasteiger partial charge >= 0.3 is 0 Å². The van der Waals surface area contributed by atoms with Crippen LogP contribution in [0.25, 0.3) is 0 Å². The highest BCUT2D eigenvalue weighted by Crippen LogP contribution is 2.41.